The van der Waals surface area contributed by atoms with Crippen LogP contribution in [0, 0.1) is 0 Å². The molecule has 0 fully saturated rings. The molecule has 1 amide bonds. The van der Waals surface area contributed by atoms with Crippen LogP contribution in [-0.4, -0.2) is 42.5 Å². The fourth-order valence-electron chi connectivity index (χ4n) is 3.16. The van der Waals surface area contributed by atoms with Crippen molar-refractivity contribution in [3.8, 4) is 0 Å². The summed E-state index contributed by atoms with van der Waals surface area (Å²) in [7, 11) is 2.09. The Labute approximate surface area is 184 Å². The maximum absolute atomic E-state index is 12.3. The molecule has 0 bridgehead atoms. The first-order valence-electron chi connectivity index (χ1n) is 9.48. The summed E-state index contributed by atoms with van der Waals surface area (Å²) < 4.78 is 0. The fraction of sp³-hybridized carbons (Fsp3) is 0.318. The van der Waals surface area contributed by atoms with Gasteiger partial charge in [0, 0.05) is 30.5 Å². The molecular weight excluding hydrogens is 407 g/mol. The minimum atomic E-state index is -0.0559. The number of nitrogens with zero attached hydrogens (tertiary/aromatic N) is 1. The van der Waals surface area contributed by atoms with Crippen LogP contribution >= 0.6 is 24.8 Å². The van der Waals surface area contributed by atoms with E-state index in [1.165, 1.54) is 11.1 Å². The van der Waals surface area contributed by atoms with E-state index in [0.29, 0.717) is 18.8 Å². The molecule has 3 aromatic rings. The molecule has 0 aliphatic heterocycles. The Bertz CT molecular complexity index is 847. The molecule has 3 rings (SSSR count). The van der Waals surface area contributed by atoms with Crippen LogP contribution in [0.3, 0.4) is 0 Å². The first-order valence-corrected chi connectivity index (χ1v) is 9.48. The number of rotatable bonds is 9. The van der Waals surface area contributed by atoms with E-state index in [2.05, 4.69) is 46.5 Å². The molecule has 1 heterocycles. The highest BCUT2D eigenvalue weighted by molar-refractivity contribution is 5.97. The number of amides is 1. The molecule has 0 aliphatic carbocycles. The van der Waals surface area contributed by atoms with Gasteiger partial charge >= 0.3 is 0 Å². The molecule has 0 unspecified atom stereocenters. The summed E-state index contributed by atoms with van der Waals surface area (Å²) in [6.45, 7) is 3.06. The monoisotopic (exact) mass is 436 g/mol. The van der Waals surface area contributed by atoms with Crippen LogP contribution in [0.1, 0.15) is 28.0 Å². The quantitative estimate of drug-likeness (QED) is 0.477. The van der Waals surface area contributed by atoms with Gasteiger partial charge in [0.25, 0.3) is 5.91 Å². The van der Waals surface area contributed by atoms with Gasteiger partial charge in [0.15, 0.2) is 0 Å². The van der Waals surface area contributed by atoms with Gasteiger partial charge in [-0.05, 0) is 49.7 Å². The summed E-state index contributed by atoms with van der Waals surface area (Å²) in [4.78, 5) is 17.7. The van der Waals surface area contributed by atoms with Gasteiger partial charge in [-0.3, -0.25) is 4.79 Å². The number of aromatic amines is 1. The number of H-pyrrole nitrogens is 1. The Morgan fingerprint density at radius 3 is 2.41 bits per heavy atom. The molecule has 2 aromatic carbocycles. The Morgan fingerprint density at radius 2 is 1.72 bits per heavy atom. The largest absolute Gasteiger partial charge is 0.351 e. The number of nitrogens with two attached hydrogens (primary N) is 1. The second-order valence-electron chi connectivity index (χ2n) is 6.95. The number of nitrogens with one attached hydrogen (secondary N) is 2. The predicted octanol–water partition coefficient (Wildman–Crippen LogP) is 3.76. The summed E-state index contributed by atoms with van der Waals surface area (Å²) in [6, 6.07) is 18.3. The molecule has 158 valence electrons. The van der Waals surface area contributed by atoms with Gasteiger partial charge < -0.3 is 20.9 Å². The van der Waals surface area contributed by atoms with Crippen molar-refractivity contribution in [3.63, 3.8) is 0 Å². The number of aromatic nitrogens is 1. The van der Waals surface area contributed by atoms with Crippen molar-refractivity contribution in [2.24, 2.45) is 5.73 Å². The number of aryl methyl sites for hydroxylation is 1. The summed E-state index contributed by atoms with van der Waals surface area (Å²) >= 11 is 0. The van der Waals surface area contributed by atoms with Crippen LogP contribution in [0.15, 0.2) is 54.6 Å². The number of halogens is 2. The number of hydrogen-bond acceptors (Lipinski definition) is 3. The second kappa shape index (κ2) is 12.5. The van der Waals surface area contributed by atoms with E-state index in [0.717, 1.165) is 36.8 Å². The van der Waals surface area contributed by atoms with Crippen molar-refractivity contribution >= 4 is 41.6 Å². The average Bonchev–Trinajstić information content (AvgIpc) is 3.13. The van der Waals surface area contributed by atoms with E-state index in [1.54, 1.807) is 0 Å². The summed E-state index contributed by atoms with van der Waals surface area (Å²) in [5.74, 6) is -0.0559. The molecule has 0 atom stereocenters. The first kappa shape index (κ1) is 25.0. The molecule has 0 saturated heterocycles. The topological polar surface area (TPSA) is 74.2 Å². The predicted molar refractivity (Wildman–Crippen MR) is 125 cm³/mol. The molecule has 0 spiro atoms. The smallest absolute Gasteiger partial charge is 0.267 e. The SMILES string of the molecule is CN(CCCc1ccc(CN)cc1)CCNC(=O)c1cc2ccccc2[nH]1.Cl.Cl. The normalized spacial score (nSPS) is 10.4. The summed E-state index contributed by atoms with van der Waals surface area (Å²) in [5.41, 5.74) is 9.73. The summed E-state index contributed by atoms with van der Waals surface area (Å²) in [5, 5.41) is 4.04. The molecule has 0 aliphatic rings. The lowest BCUT2D eigenvalue weighted by atomic mass is 10.1. The fourth-order valence-corrected chi connectivity index (χ4v) is 3.16. The van der Waals surface area contributed by atoms with E-state index in [9.17, 15) is 4.79 Å². The van der Waals surface area contributed by atoms with Gasteiger partial charge in [0.1, 0.15) is 5.69 Å². The zero-order chi connectivity index (χ0) is 19.1. The van der Waals surface area contributed by atoms with Crippen LogP contribution in [0.25, 0.3) is 10.9 Å². The van der Waals surface area contributed by atoms with E-state index in [1.807, 2.05) is 30.3 Å². The van der Waals surface area contributed by atoms with E-state index >= 15 is 0 Å². The van der Waals surface area contributed by atoms with Gasteiger partial charge in [-0.25, -0.2) is 0 Å². The number of benzene rings is 2. The third kappa shape index (κ3) is 7.37. The highest BCUT2D eigenvalue weighted by Crippen LogP contribution is 2.14. The van der Waals surface area contributed by atoms with E-state index in [4.69, 9.17) is 5.73 Å². The van der Waals surface area contributed by atoms with Crippen LogP contribution in [0.4, 0.5) is 0 Å². The third-order valence-corrected chi connectivity index (χ3v) is 4.82. The lowest BCUT2D eigenvalue weighted by Gasteiger charge is -2.16. The van der Waals surface area contributed by atoms with Crippen molar-refractivity contribution in [1.82, 2.24) is 15.2 Å². The van der Waals surface area contributed by atoms with Crippen molar-refractivity contribution in [2.75, 3.05) is 26.7 Å². The highest BCUT2D eigenvalue weighted by atomic mass is 35.5. The Morgan fingerprint density at radius 1 is 1.03 bits per heavy atom. The Hall–Kier alpha value is -2.05. The molecule has 29 heavy (non-hydrogen) atoms. The standard InChI is InChI=1S/C22H28N4O.2ClH/c1-26(13-4-5-17-8-10-18(16-23)11-9-17)14-12-24-22(27)21-15-19-6-2-3-7-20(19)25-21;;/h2-3,6-11,15,25H,4-5,12-14,16,23H2,1H3,(H,24,27);2*1H. The van der Waals surface area contributed by atoms with Gasteiger partial charge in [-0.2, -0.15) is 0 Å². The van der Waals surface area contributed by atoms with E-state index < -0.39 is 0 Å². The molecule has 5 nitrogen and oxygen atoms in total. The van der Waals surface area contributed by atoms with Crippen molar-refractivity contribution in [3.05, 3.63) is 71.4 Å². The van der Waals surface area contributed by atoms with Gasteiger partial charge in [0.05, 0.1) is 0 Å². The molecule has 0 radical (unpaired) electrons. The molecule has 0 saturated carbocycles. The number of hydrogen-bond donors (Lipinski definition) is 3. The highest BCUT2D eigenvalue weighted by Gasteiger charge is 2.09. The van der Waals surface area contributed by atoms with Crippen LogP contribution in [0.2, 0.25) is 0 Å². The maximum Gasteiger partial charge on any atom is 0.267 e. The van der Waals surface area contributed by atoms with Crippen LogP contribution in [-0.2, 0) is 13.0 Å². The minimum absolute atomic E-state index is 0. The van der Waals surface area contributed by atoms with Crippen molar-refractivity contribution in [2.45, 2.75) is 19.4 Å². The summed E-state index contributed by atoms with van der Waals surface area (Å²) in [6.07, 6.45) is 2.14. The van der Waals surface area contributed by atoms with E-state index in [-0.39, 0.29) is 30.7 Å². The van der Waals surface area contributed by atoms with Gasteiger partial charge in [0.2, 0.25) is 0 Å². The molecular formula is C22H30Cl2N4O. The molecule has 1 aromatic heterocycles. The Balaban J connectivity index is 0.00000210. The number of fused-ring (bicyclic) bond motifs is 1. The third-order valence-electron chi connectivity index (χ3n) is 4.82. The van der Waals surface area contributed by atoms with Gasteiger partial charge in [-0.15, -0.1) is 24.8 Å². The second-order valence-corrected chi connectivity index (χ2v) is 6.95. The molecule has 7 heteroatoms. The lowest BCUT2D eigenvalue weighted by molar-refractivity contribution is 0.0945. The number of carbonyl (C=O) groups excluding carboxylic acids is 1. The number of para-hydroxylation sites is 1. The molecule has 4 N–H and O–H groups in total. The van der Waals surface area contributed by atoms with Crippen molar-refractivity contribution in [1.29, 1.82) is 0 Å². The van der Waals surface area contributed by atoms with Crippen molar-refractivity contribution < 1.29 is 4.79 Å². The van der Waals surface area contributed by atoms with Crippen LogP contribution < -0.4 is 11.1 Å². The number of carbonyl (C=O) groups is 1. The Kier molecular flexibility index (Phi) is 10.8. The van der Waals surface area contributed by atoms with Gasteiger partial charge in [-0.1, -0.05) is 42.5 Å². The first-order chi connectivity index (χ1) is 13.2. The maximum atomic E-state index is 12.3. The minimum Gasteiger partial charge on any atom is -0.351 e. The average molecular weight is 437 g/mol. The van der Waals surface area contributed by atoms with Crippen LogP contribution in [0.5, 0.6) is 0 Å². The zero-order valence-electron chi connectivity index (χ0n) is 16.7. The number of likely N-dealkylation sites (N-methyl/N-ethyl adjacent to an activating group) is 1. The zero-order valence-corrected chi connectivity index (χ0v) is 18.3. The lowest BCUT2D eigenvalue weighted by Crippen LogP contribution is -2.33.